The van der Waals surface area contributed by atoms with E-state index in [9.17, 15) is 26.4 Å². The van der Waals surface area contributed by atoms with E-state index in [1.807, 2.05) is 12.1 Å². The van der Waals surface area contributed by atoms with Gasteiger partial charge < -0.3 is 5.32 Å². The summed E-state index contributed by atoms with van der Waals surface area (Å²) in [7, 11) is -4.07. The van der Waals surface area contributed by atoms with Crippen LogP contribution in [0.5, 0.6) is 0 Å². The van der Waals surface area contributed by atoms with E-state index in [0.717, 1.165) is 24.0 Å². The SMILES string of the molecule is CS(=O)(=O)N(CC(=O)NCCCc1ccccc1Cl)c1cc(C(F)(F)F)ccc1Cl. The van der Waals surface area contributed by atoms with Crippen LogP contribution in [0.1, 0.15) is 17.5 Å². The van der Waals surface area contributed by atoms with Gasteiger partial charge in [-0.2, -0.15) is 13.2 Å². The maximum absolute atomic E-state index is 13.0. The summed E-state index contributed by atoms with van der Waals surface area (Å²) in [5, 5.41) is 2.94. The highest BCUT2D eigenvalue weighted by molar-refractivity contribution is 7.92. The lowest BCUT2D eigenvalue weighted by molar-refractivity contribution is -0.137. The van der Waals surface area contributed by atoms with Crippen LogP contribution < -0.4 is 9.62 Å². The number of amides is 1. The molecular formula is C19H19Cl2F3N2O3S. The molecule has 0 bridgehead atoms. The van der Waals surface area contributed by atoms with Crippen LogP contribution in [0.4, 0.5) is 18.9 Å². The number of benzene rings is 2. The fourth-order valence-electron chi connectivity index (χ4n) is 2.66. The Kier molecular flexibility index (Phi) is 8.01. The lowest BCUT2D eigenvalue weighted by Gasteiger charge is -2.24. The van der Waals surface area contributed by atoms with Crippen molar-refractivity contribution in [3.63, 3.8) is 0 Å². The summed E-state index contributed by atoms with van der Waals surface area (Å²) in [6, 6.07) is 9.52. The number of aryl methyl sites for hydroxylation is 1. The summed E-state index contributed by atoms with van der Waals surface area (Å²) in [5.41, 5.74) is -0.585. The third-order valence-electron chi connectivity index (χ3n) is 4.13. The normalized spacial score (nSPS) is 11.9. The number of carbonyl (C=O) groups excluding carboxylic acids is 1. The summed E-state index contributed by atoms with van der Waals surface area (Å²) in [6.45, 7) is -0.468. The van der Waals surface area contributed by atoms with Crippen LogP contribution in [0, 0.1) is 0 Å². The number of hydrogen-bond acceptors (Lipinski definition) is 3. The highest BCUT2D eigenvalue weighted by Crippen LogP contribution is 2.36. The van der Waals surface area contributed by atoms with Crippen molar-refractivity contribution < 1.29 is 26.4 Å². The molecule has 30 heavy (non-hydrogen) atoms. The molecular weight excluding hydrogens is 464 g/mol. The van der Waals surface area contributed by atoms with Gasteiger partial charge in [0.25, 0.3) is 0 Å². The molecule has 0 aromatic heterocycles. The predicted octanol–water partition coefficient (Wildman–Crippen LogP) is 4.53. The summed E-state index contributed by atoms with van der Waals surface area (Å²) in [4.78, 5) is 12.2. The molecule has 0 aliphatic heterocycles. The summed E-state index contributed by atoms with van der Waals surface area (Å²) >= 11 is 12.0. The van der Waals surface area contributed by atoms with Gasteiger partial charge >= 0.3 is 6.18 Å². The van der Waals surface area contributed by atoms with Gasteiger partial charge in [0.05, 0.1) is 22.5 Å². The Balaban J connectivity index is 2.07. The number of nitrogens with zero attached hydrogens (tertiary/aromatic N) is 1. The molecule has 1 amide bonds. The van der Waals surface area contributed by atoms with Crippen LogP contribution in [-0.2, 0) is 27.4 Å². The van der Waals surface area contributed by atoms with Crippen LogP contribution in [0.25, 0.3) is 0 Å². The zero-order valence-corrected chi connectivity index (χ0v) is 18.2. The molecule has 2 rings (SSSR count). The molecule has 11 heteroatoms. The number of rotatable bonds is 8. The second kappa shape index (κ2) is 9.89. The fraction of sp³-hybridized carbons (Fsp3) is 0.316. The smallest absolute Gasteiger partial charge is 0.355 e. The van der Waals surface area contributed by atoms with Crippen molar-refractivity contribution in [3.8, 4) is 0 Å². The van der Waals surface area contributed by atoms with Gasteiger partial charge in [0, 0.05) is 11.6 Å². The third kappa shape index (κ3) is 6.78. The van der Waals surface area contributed by atoms with E-state index in [0.29, 0.717) is 28.2 Å². The van der Waals surface area contributed by atoms with Gasteiger partial charge in [-0.3, -0.25) is 9.10 Å². The molecule has 0 heterocycles. The highest BCUT2D eigenvalue weighted by Gasteiger charge is 2.33. The van der Waals surface area contributed by atoms with Gasteiger partial charge in [-0.15, -0.1) is 0 Å². The summed E-state index contributed by atoms with van der Waals surface area (Å²) < 4.78 is 63.8. The van der Waals surface area contributed by atoms with Gasteiger partial charge in [0.15, 0.2) is 0 Å². The third-order valence-corrected chi connectivity index (χ3v) is 5.95. The van der Waals surface area contributed by atoms with Gasteiger partial charge in [0.2, 0.25) is 15.9 Å². The van der Waals surface area contributed by atoms with Crippen molar-refractivity contribution in [3.05, 3.63) is 63.6 Å². The Labute approximate surface area is 182 Å². The molecule has 164 valence electrons. The average Bonchev–Trinajstić information content (AvgIpc) is 2.63. The van der Waals surface area contributed by atoms with E-state index in [-0.39, 0.29) is 11.6 Å². The van der Waals surface area contributed by atoms with E-state index in [2.05, 4.69) is 5.32 Å². The number of nitrogens with one attached hydrogen (secondary N) is 1. The van der Waals surface area contributed by atoms with Crippen molar-refractivity contribution >= 4 is 44.8 Å². The minimum Gasteiger partial charge on any atom is -0.355 e. The van der Waals surface area contributed by atoms with E-state index in [4.69, 9.17) is 23.2 Å². The molecule has 0 aliphatic carbocycles. The topological polar surface area (TPSA) is 66.5 Å². The average molecular weight is 483 g/mol. The summed E-state index contributed by atoms with van der Waals surface area (Å²) in [5.74, 6) is -0.673. The first-order valence-electron chi connectivity index (χ1n) is 8.74. The van der Waals surface area contributed by atoms with Crippen LogP contribution in [0.3, 0.4) is 0 Å². The molecule has 0 aliphatic rings. The van der Waals surface area contributed by atoms with Crippen LogP contribution in [-0.4, -0.2) is 33.7 Å². The first-order valence-corrected chi connectivity index (χ1v) is 11.3. The Morgan fingerprint density at radius 3 is 2.37 bits per heavy atom. The largest absolute Gasteiger partial charge is 0.416 e. The maximum atomic E-state index is 13.0. The number of alkyl halides is 3. The Morgan fingerprint density at radius 2 is 1.77 bits per heavy atom. The van der Waals surface area contributed by atoms with Crippen molar-refractivity contribution in [2.45, 2.75) is 19.0 Å². The zero-order valence-electron chi connectivity index (χ0n) is 15.8. The Hall–Kier alpha value is -1.97. The first-order chi connectivity index (χ1) is 13.9. The quantitative estimate of drug-likeness (QED) is 0.562. The molecule has 0 fully saturated rings. The van der Waals surface area contributed by atoms with Crippen LogP contribution in [0.2, 0.25) is 10.0 Å². The lowest BCUT2D eigenvalue weighted by Crippen LogP contribution is -2.41. The second-order valence-electron chi connectivity index (χ2n) is 6.48. The van der Waals surface area contributed by atoms with Gasteiger partial charge in [-0.1, -0.05) is 41.4 Å². The number of carbonyl (C=O) groups is 1. The van der Waals surface area contributed by atoms with Gasteiger partial charge in [-0.05, 0) is 42.7 Å². The summed E-state index contributed by atoms with van der Waals surface area (Å²) in [6.07, 6.45) is -2.77. The fourth-order valence-corrected chi connectivity index (χ4v) is 4.02. The van der Waals surface area contributed by atoms with E-state index in [1.165, 1.54) is 0 Å². The standard InChI is InChI=1S/C19H19Cl2F3N2O3S/c1-30(28,29)26(17-11-14(19(22,23)24)8-9-16(17)21)12-18(27)25-10-4-6-13-5-2-3-7-15(13)20/h2-3,5,7-9,11H,4,6,10,12H2,1H3,(H,25,27). The highest BCUT2D eigenvalue weighted by atomic mass is 35.5. The minimum absolute atomic E-state index is 0.222. The zero-order chi connectivity index (χ0) is 22.5. The Morgan fingerprint density at radius 1 is 1.10 bits per heavy atom. The van der Waals surface area contributed by atoms with Crippen molar-refractivity contribution in [2.75, 3.05) is 23.7 Å². The van der Waals surface area contributed by atoms with Gasteiger partial charge in [-0.25, -0.2) is 8.42 Å². The van der Waals surface area contributed by atoms with Crippen molar-refractivity contribution in [1.29, 1.82) is 0 Å². The molecule has 1 N–H and O–H groups in total. The molecule has 5 nitrogen and oxygen atoms in total. The molecule has 0 saturated heterocycles. The predicted molar refractivity (Wildman–Crippen MR) is 111 cm³/mol. The van der Waals surface area contributed by atoms with E-state index >= 15 is 0 Å². The molecule has 0 atom stereocenters. The molecule has 0 spiro atoms. The lowest BCUT2D eigenvalue weighted by atomic mass is 10.1. The molecule has 0 saturated carbocycles. The number of anilines is 1. The minimum atomic E-state index is -4.69. The van der Waals surface area contributed by atoms with Crippen LogP contribution >= 0.6 is 23.2 Å². The molecule has 2 aromatic carbocycles. The monoisotopic (exact) mass is 482 g/mol. The van der Waals surface area contributed by atoms with E-state index in [1.54, 1.807) is 12.1 Å². The second-order valence-corrected chi connectivity index (χ2v) is 9.20. The maximum Gasteiger partial charge on any atom is 0.416 e. The van der Waals surface area contributed by atoms with E-state index < -0.39 is 39.9 Å². The number of hydrogen-bond donors (Lipinski definition) is 1. The molecule has 2 aromatic rings. The van der Waals surface area contributed by atoms with Crippen LogP contribution in [0.15, 0.2) is 42.5 Å². The van der Waals surface area contributed by atoms with Crippen molar-refractivity contribution in [1.82, 2.24) is 5.32 Å². The Bertz CT molecular complexity index is 1010. The van der Waals surface area contributed by atoms with Crippen molar-refractivity contribution in [2.24, 2.45) is 0 Å². The molecule has 0 radical (unpaired) electrons. The molecule has 0 unspecified atom stereocenters. The number of halogens is 5. The first kappa shape index (κ1) is 24.3. The number of sulfonamides is 1. The van der Waals surface area contributed by atoms with Gasteiger partial charge in [0.1, 0.15) is 6.54 Å².